The van der Waals surface area contributed by atoms with Gasteiger partial charge in [0.05, 0.1) is 15.2 Å². The van der Waals surface area contributed by atoms with Gasteiger partial charge in [0.15, 0.2) is 0 Å². The maximum atomic E-state index is 5.79. The summed E-state index contributed by atoms with van der Waals surface area (Å²) in [6.07, 6.45) is 0. The van der Waals surface area contributed by atoms with Crippen molar-refractivity contribution < 1.29 is 4.74 Å². The highest BCUT2D eigenvalue weighted by atomic mass is 79.9. The van der Waals surface area contributed by atoms with E-state index in [2.05, 4.69) is 52.2 Å². The van der Waals surface area contributed by atoms with Crippen LogP contribution in [0.25, 0.3) is 0 Å². The molecule has 108 valence electrons. The number of thiazole rings is 1. The van der Waals surface area contributed by atoms with Crippen molar-refractivity contribution in [3.63, 3.8) is 0 Å². The summed E-state index contributed by atoms with van der Waals surface area (Å²) >= 11 is 5.21. The lowest BCUT2D eigenvalue weighted by Crippen LogP contribution is -2.21. The van der Waals surface area contributed by atoms with Gasteiger partial charge in [0.1, 0.15) is 12.4 Å². The van der Waals surface area contributed by atoms with E-state index in [1.165, 1.54) is 5.56 Å². The number of aryl methyl sites for hydroxylation is 1. The number of ether oxygens (including phenoxy) is 1. The van der Waals surface area contributed by atoms with E-state index in [-0.39, 0.29) is 0 Å². The fourth-order valence-corrected chi connectivity index (χ4v) is 2.86. The van der Waals surface area contributed by atoms with Crippen LogP contribution in [-0.2, 0) is 13.2 Å². The molecule has 1 heterocycles. The molecule has 0 saturated carbocycles. The molecule has 1 aromatic heterocycles. The third kappa shape index (κ3) is 4.58. The highest BCUT2D eigenvalue weighted by molar-refractivity contribution is 9.10. The van der Waals surface area contributed by atoms with Crippen LogP contribution in [0.1, 0.15) is 30.1 Å². The highest BCUT2D eigenvalue weighted by Crippen LogP contribution is 2.27. The Morgan fingerprint density at radius 1 is 1.40 bits per heavy atom. The fraction of sp³-hybridized carbons (Fsp3) is 0.400. The Balaban J connectivity index is 1.95. The summed E-state index contributed by atoms with van der Waals surface area (Å²) in [7, 11) is 0. The van der Waals surface area contributed by atoms with Gasteiger partial charge in [-0.2, -0.15) is 0 Å². The van der Waals surface area contributed by atoms with Gasteiger partial charge in [0.2, 0.25) is 0 Å². The molecule has 1 aromatic carbocycles. The molecule has 3 nitrogen and oxygen atoms in total. The average molecular weight is 355 g/mol. The van der Waals surface area contributed by atoms with Crippen LogP contribution >= 0.6 is 27.3 Å². The van der Waals surface area contributed by atoms with Gasteiger partial charge in [0.25, 0.3) is 0 Å². The summed E-state index contributed by atoms with van der Waals surface area (Å²) in [5, 5.41) is 6.50. The van der Waals surface area contributed by atoms with E-state index >= 15 is 0 Å². The standard InChI is InChI=1S/C15H19BrN2OS/c1-10(2)17-7-12-4-5-15(14(16)6-12)19-8-13-9-20-11(3)18-13/h4-6,9-10,17H,7-8H2,1-3H3. The first-order valence-corrected chi connectivity index (χ1v) is 8.27. The van der Waals surface area contributed by atoms with Gasteiger partial charge in [-0.25, -0.2) is 4.98 Å². The van der Waals surface area contributed by atoms with E-state index in [0.29, 0.717) is 12.6 Å². The van der Waals surface area contributed by atoms with Crippen molar-refractivity contribution in [1.82, 2.24) is 10.3 Å². The Labute approximate surface area is 132 Å². The molecule has 0 fully saturated rings. The monoisotopic (exact) mass is 354 g/mol. The molecule has 0 unspecified atom stereocenters. The van der Waals surface area contributed by atoms with E-state index < -0.39 is 0 Å². The maximum Gasteiger partial charge on any atom is 0.134 e. The minimum atomic E-state index is 0.484. The van der Waals surface area contributed by atoms with Crippen LogP contribution in [-0.4, -0.2) is 11.0 Å². The van der Waals surface area contributed by atoms with Crippen molar-refractivity contribution in [2.24, 2.45) is 0 Å². The summed E-state index contributed by atoms with van der Waals surface area (Å²) in [6.45, 7) is 7.65. The number of rotatable bonds is 6. The van der Waals surface area contributed by atoms with Gasteiger partial charge in [0, 0.05) is 18.0 Å². The van der Waals surface area contributed by atoms with Crippen molar-refractivity contribution in [3.8, 4) is 5.75 Å². The van der Waals surface area contributed by atoms with Gasteiger partial charge >= 0.3 is 0 Å². The summed E-state index contributed by atoms with van der Waals surface area (Å²) in [6, 6.07) is 6.66. The molecule has 0 bridgehead atoms. The second-order valence-corrected chi connectivity index (χ2v) is 6.86. The van der Waals surface area contributed by atoms with Gasteiger partial charge in [-0.1, -0.05) is 19.9 Å². The number of aromatic nitrogens is 1. The molecule has 0 aliphatic carbocycles. The quantitative estimate of drug-likeness (QED) is 0.839. The lowest BCUT2D eigenvalue weighted by molar-refractivity contribution is 0.300. The lowest BCUT2D eigenvalue weighted by atomic mass is 10.2. The summed E-state index contributed by atoms with van der Waals surface area (Å²) in [4.78, 5) is 4.39. The first-order valence-electron chi connectivity index (χ1n) is 6.60. The zero-order valence-electron chi connectivity index (χ0n) is 11.9. The molecule has 0 atom stereocenters. The molecule has 2 aromatic rings. The Bertz CT molecular complexity index is 569. The molecular formula is C15H19BrN2OS. The number of nitrogens with one attached hydrogen (secondary N) is 1. The normalized spacial score (nSPS) is 11.1. The molecule has 0 radical (unpaired) electrons. The van der Waals surface area contributed by atoms with Gasteiger partial charge in [-0.3, -0.25) is 0 Å². The minimum Gasteiger partial charge on any atom is -0.486 e. The average Bonchev–Trinajstić information content (AvgIpc) is 2.81. The number of hydrogen-bond donors (Lipinski definition) is 1. The molecule has 1 N–H and O–H groups in total. The predicted molar refractivity (Wildman–Crippen MR) is 87.3 cm³/mol. The highest BCUT2D eigenvalue weighted by Gasteiger charge is 2.05. The second kappa shape index (κ2) is 7.20. The van der Waals surface area contributed by atoms with E-state index in [1.807, 2.05) is 18.4 Å². The molecule has 20 heavy (non-hydrogen) atoms. The van der Waals surface area contributed by atoms with Gasteiger partial charge < -0.3 is 10.1 Å². The largest absolute Gasteiger partial charge is 0.486 e. The maximum absolute atomic E-state index is 5.79. The Kier molecular flexibility index (Phi) is 5.57. The van der Waals surface area contributed by atoms with Crippen molar-refractivity contribution in [2.45, 2.75) is 40.0 Å². The summed E-state index contributed by atoms with van der Waals surface area (Å²) in [5.41, 5.74) is 2.22. The summed E-state index contributed by atoms with van der Waals surface area (Å²) in [5.74, 6) is 0.851. The van der Waals surface area contributed by atoms with Crippen LogP contribution in [0, 0.1) is 6.92 Å². The third-order valence-corrected chi connectivity index (χ3v) is 4.19. The van der Waals surface area contributed by atoms with E-state index in [4.69, 9.17) is 4.74 Å². The van der Waals surface area contributed by atoms with E-state index in [0.717, 1.165) is 27.5 Å². The number of nitrogens with zero attached hydrogens (tertiary/aromatic N) is 1. The van der Waals surface area contributed by atoms with Crippen LogP contribution in [0.15, 0.2) is 28.1 Å². The molecule has 0 spiro atoms. The van der Waals surface area contributed by atoms with Crippen molar-refractivity contribution >= 4 is 27.3 Å². The first-order chi connectivity index (χ1) is 9.54. The molecule has 2 rings (SSSR count). The smallest absolute Gasteiger partial charge is 0.134 e. The van der Waals surface area contributed by atoms with Crippen molar-refractivity contribution in [3.05, 3.63) is 44.3 Å². The fourth-order valence-electron chi connectivity index (χ4n) is 1.72. The lowest BCUT2D eigenvalue weighted by Gasteiger charge is -2.11. The Morgan fingerprint density at radius 3 is 2.80 bits per heavy atom. The van der Waals surface area contributed by atoms with Crippen LogP contribution < -0.4 is 10.1 Å². The van der Waals surface area contributed by atoms with E-state index in [9.17, 15) is 0 Å². The van der Waals surface area contributed by atoms with Crippen LogP contribution in [0.5, 0.6) is 5.75 Å². The van der Waals surface area contributed by atoms with Crippen LogP contribution in [0.4, 0.5) is 0 Å². The molecule has 0 saturated heterocycles. The van der Waals surface area contributed by atoms with Gasteiger partial charge in [-0.05, 0) is 40.5 Å². The molecule has 0 aliphatic rings. The zero-order valence-corrected chi connectivity index (χ0v) is 14.3. The molecule has 0 amide bonds. The van der Waals surface area contributed by atoms with Crippen LogP contribution in [0.2, 0.25) is 0 Å². The zero-order chi connectivity index (χ0) is 14.5. The number of benzene rings is 1. The van der Waals surface area contributed by atoms with Gasteiger partial charge in [-0.15, -0.1) is 11.3 Å². The Hall–Kier alpha value is -0.910. The molecule has 0 aliphatic heterocycles. The topological polar surface area (TPSA) is 34.1 Å². The summed E-state index contributed by atoms with van der Waals surface area (Å²) < 4.78 is 6.77. The number of hydrogen-bond acceptors (Lipinski definition) is 4. The Morgan fingerprint density at radius 2 is 2.20 bits per heavy atom. The second-order valence-electron chi connectivity index (χ2n) is 4.95. The van der Waals surface area contributed by atoms with Crippen molar-refractivity contribution in [1.29, 1.82) is 0 Å². The number of halogens is 1. The first kappa shape index (κ1) is 15.5. The predicted octanol–water partition coefficient (Wildman–Crippen LogP) is 4.29. The van der Waals surface area contributed by atoms with Crippen molar-refractivity contribution in [2.75, 3.05) is 0 Å². The molecule has 5 heteroatoms. The third-order valence-electron chi connectivity index (χ3n) is 2.75. The minimum absolute atomic E-state index is 0.484. The molecular weight excluding hydrogens is 336 g/mol. The van der Waals surface area contributed by atoms with E-state index in [1.54, 1.807) is 11.3 Å². The van der Waals surface area contributed by atoms with Crippen LogP contribution in [0.3, 0.4) is 0 Å². The SMILES string of the molecule is Cc1nc(COc2ccc(CNC(C)C)cc2Br)cs1.